The molecule has 3 heterocycles. The van der Waals surface area contributed by atoms with Crippen molar-refractivity contribution in [2.75, 3.05) is 18.0 Å². The monoisotopic (exact) mass is 205 g/mol. The molecule has 1 saturated heterocycles. The highest BCUT2D eigenvalue weighted by Crippen LogP contribution is 2.23. The van der Waals surface area contributed by atoms with Crippen LogP contribution in [0.2, 0.25) is 0 Å². The Labute approximate surface area is 85.9 Å². The number of hydrogen-bond donors (Lipinski definition) is 1. The zero-order valence-corrected chi connectivity index (χ0v) is 8.11. The zero-order chi connectivity index (χ0) is 10.3. The van der Waals surface area contributed by atoms with Crippen LogP contribution in [0, 0.1) is 0 Å². The number of rotatable bonds is 2. The van der Waals surface area contributed by atoms with Crippen molar-refractivity contribution in [1.82, 2.24) is 25.3 Å². The summed E-state index contributed by atoms with van der Waals surface area (Å²) in [4.78, 5) is 2.17. The molecule has 7 heteroatoms. The molecule has 1 fully saturated rings. The fourth-order valence-corrected chi connectivity index (χ4v) is 1.78. The summed E-state index contributed by atoms with van der Waals surface area (Å²) in [6, 6.07) is 4.19. The zero-order valence-electron chi connectivity index (χ0n) is 8.11. The number of anilines is 1. The maximum absolute atomic E-state index is 5.64. The highest BCUT2D eigenvalue weighted by molar-refractivity contribution is 5.47. The van der Waals surface area contributed by atoms with Gasteiger partial charge in [-0.1, -0.05) is 0 Å². The van der Waals surface area contributed by atoms with Crippen molar-refractivity contribution >= 4 is 11.5 Å². The van der Waals surface area contributed by atoms with Crippen molar-refractivity contribution in [2.24, 2.45) is 5.73 Å². The van der Waals surface area contributed by atoms with Crippen molar-refractivity contribution in [3.05, 3.63) is 12.1 Å². The van der Waals surface area contributed by atoms with Crippen LogP contribution in [-0.4, -0.2) is 44.4 Å². The van der Waals surface area contributed by atoms with Gasteiger partial charge in [-0.2, -0.15) is 0 Å². The number of nitrogens with two attached hydrogens (primary N) is 1. The Hall–Kier alpha value is -1.76. The first-order chi connectivity index (χ1) is 7.38. The highest BCUT2D eigenvalue weighted by atomic mass is 15.6. The quantitative estimate of drug-likeness (QED) is 0.680. The summed E-state index contributed by atoms with van der Waals surface area (Å²) in [6.45, 7) is 1.66. The Kier molecular flexibility index (Phi) is 1.78. The first-order valence-corrected chi connectivity index (χ1v) is 4.90. The molecule has 0 saturated carbocycles. The van der Waals surface area contributed by atoms with Gasteiger partial charge in [-0.15, -0.1) is 14.8 Å². The second-order valence-corrected chi connectivity index (χ2v) is 3.59. The fourth-order valence-electron chi connectivity index (χ4n) is 1.78. The molecule has 3 rings (SSSR count). The molecule has 0 bridgehead atoms. The van der Waals surface area contributed by atoms with Gasteiger partial charge in [0.2, 0.25) is 0 Å². The minimum Gasteiger partial charge on any atom is -0.351 e. The second-order valence-electron chi connectivity index (χ2n) is 3.59. The van der Waals surface area contributed by atoms with Crippen molar-refractivity contribution < 1.29 is 0 Å². The van der Waals surface area contributed by atoms with Gasteiger partial charge in [0.1, 0.15) is 0 Å². The van der Waals surface area contributed by atoms with Gasteiger partial charge in [0, 0.05) is 19.1 Å². The lowest BCUT2D eigenvalue weighted by atomic mass is 10.0. The van der Waals surface area contributed by atoms with Gasteiger partial charge in [0.15, 0.2) is 11.5 Å². The SMILES string of the molecule is NCC1CCN1c1ccc2nnnn2n1. The van der Waals surface area contributed by atoms with E-state index in [9.17, 15) is 0 Å². The molecule has 2 aromatic heterocycles. The van der Waals surface area contributed by atoms with Crippen LogP contribution in [0.3, 0.4) is 0 Å². The number of aromatic nitrogens is 5. The van der Waals surface area contributed by atoms with E-state index in [-0.39, 0.29) is 0 Å². The normalized spacial score (nSPS) is 20.6. The Balaban J connectivity index is 1.97. The lowest BCUT2D eigenvalue weighted by Gasteiger charge is -2.40. The van der Waals surface area contributed by atoms with Crippen molar-refractivity contribution in [3.63, 3.8) is 0 Å². The van der Waals surface area contributed by atoms with E-state index in [1.807, 2.05) is 12.1 Å². The summed E-state index contributed by atoms with van der Waals surface area (Å²) in [6.07, 6.45) is 1.13. The third-order valence-electron chi connectivity index (χ3n) is 2.77. The molecule has 1 unspecified atom stereocenters. The summed E-state index contributed by atoms with van der Waals surface area (Å²) in [7, 11) is 0. The van der Waals surface area contributed by atoms with Gasteiger partial charge in [0.05, 0.1) is 0 Å². The Morgan fingerprint density at radius 1 is 1.47 bits per heavy atom. The van der Waals surface area contributed by atoms with E-state index in [1.54, 1.807) is 0 Å². The molecule has 1 aliphatic heterocycles. The summed E-state index contributed by atoms with van der Waals surface area (Å²) in [5.41, 5.74) is 6.29. The summed E-state index contributed by atoms with van der Waals surface area (Å²) >= 11 is 0. The molecular formula is C8H11N7. The number of fused-ring (bicyclic) bond motifs is 1. The van der Waals surface area contributed by atoms with Gasteiger partial charge < -0.3 is 10.6 Å². The predicted molar refractivity (Wildman–Crippen MR) is 53.4 cm³/mol. The Morgan fingerprint density at radius 2 is 2.40 bits per heavy atom. The lowest BCUT2D eigenvalue weighted by Crippen LogP contribution is -2.52. The van der Waals surface area contributed by atoms with Crippen LogP contribution >= 0.6 is 0 Å². The van der Waals surface area contributed by atoms with E-state index >= 15 is 0 Å². The maximum atomic E-state index is 5.64. The fraction of sp³-hybridized carbons (Fsp3) is 0.500. The van der Waals surface area contributed by atoms with Crippen LogP contribution < -0.4 is 10.6 Å². The molecular weight excluding hydrogens is 194 g/mol. The third-order valence-corrected chi connectivity index (χ3v) is 2.77. The Bertz CT molecular complexity index is 477. The number of hydrogen-bond acceptors (Lipinski definition) is 6. The standard InChI is InChI=1S/C8H11N7/c9-5-6-3-4-14(6)8-2-1-7-10-12-13-15(7)11-8/h1-2,6H,3-5,9H2. The van der Waals surface area contributed by atoms with Crippen LogP contribution in [0.4, 0.5) is 5.82 Å². The van der Waals surface area contributed by atoms with E-state index < -0.39 is 0 Å². The minimum absolute atomic E-state index is 0.409. The minimum atomic E-state index is 0.409. The van der Waals surface area contributed by atoms with Gasteiger partial charge in [-0.25, -0.2) is 0 Å². The third kappa shape index (κ3) is 1.23. The van der Waals surface area contributed by atoms with E-state index in [1.165, 1.54) is 4.63 Å². The average Bonchev–Trinajstić information content (AvgIpc) is 2.64. The van der Waals surface area contributed by atoms with Crippen LogP contribution in [0.15, 0.2) is 12.1 Å². The van der Waals surface area contributed by atoms with Crippen LogP contribution in [0.1, 0.15) is 6.42 Å². The van der Waals surface area contributed by atoms with E-state index in [0.717, 1.165) is 18.8 Å². The topological polar surface area (TPSA) is 85.2 Å². The van der Waals surface area contributed by atoms with Crippen molar-refractivity contribution in [2.45, 2.75) is 12.5 Å². The predicted octanol–water partition coefficient (Wildman–Crippen LogP) is -0.943. The molecule has 2 aromatic rings. The highest BCUT2D eigenvalue weighted by Gasteiger charge is 2.27. The van der Waals surface area contributed by atoms with E-state index in [2.05, 4.69) is 25.5 Å². The largest absolute Gasteiger partial charge is 0.351 e. The summed E-state index contributed by atoms with van der Waals surface area (Å²) < 4.78 is 1.43. The maximum Gasteiger partial charge on any atom is 0.200 e. The summed E-state index contributed by atoms with van der Waals surface area (Å²) in [5.74, 6) is 0.886. The van der Waals surface area contributed by atoms with Crippen LogP contribution in [0.5, 0.6) is 0 Å². The summed E-state index contributed by atoms with van der Waals surface area (Å²) in [5, 5.41) is 15.4. The second kappa shape index (κ2) is 3.13. The molecule has 0 amide bonds. The molecule has 0 radical (unpaired) electrons. The Morgan fingerprint density at radius 3 is 3.13 bits per heavy atom. The molecule has 2 N–H and O–H groups in total. The lowest BCUT2D eigenvalue weighted by molar-refractivity contribution is 0.448. The molecule has 15 heavy (non-hydrogen) atoms. The van der Waals surface area contributed by atoms with Crippen molar-refractivity contribution in [1.29, 1.82) is 0 Å². The van der Waals surface area contributed by atoms with Gasteiger partial charge in [-0.05, 0) is 29.0 Å². The molecule has 7 nitrogen and oxygen atoms in total. The number of nitrogens with zero attached hydrogens (tertiary/aromatic N) is 6. The first kappa shape index (κ1) is 8.54. The molecule has 0 aromatic carbocycles. The van der Waals surface area contributed by atoms with Crippen molar-refractivity contribution in [3.8, 4) is 0 Å². The van der Waals surface area contributed by atoms with Crippen LogP contribution in [0.25, 0.3) is 5.65 Å². The van der Waals surface area contributed by atoms with Gasteiger partial charge >= 0.3 is 0 Å². The molecule has 0 spiro atoms. The smallest absolute Gasteiger partial charge is 0.200 e. The average molecular weight is 205 g/mol. The molecule has 1 atom stereocenters. The van der Waals surface area contributed by atoms with Gasteiger partial charge in [-0.3, -0.25) is 0 Å². The number of tetrazole rings is 1. The van der Waals surface area contributed by atoms with E-state index in [0.29, 0.717) is 18.2 Å². The molecule has 78 valence electrons. The first-order valence-electron chi connectivity index (χ1n) is 4.90. The van der Waals surface area contributed by atoms with Gasteiger partial charge in [0.25, 0.3) is 0 Å². The molecule has 1 aliphatic rings. The van der Waals surface area contributed by atoms with Crippen LogP contribution in [-0.2, 0) is 0 Å². The molecule has 0 aliphatic carbocycles. The van der Waals surface area contributed by atoms with E-state index in [4.69, 9.17) is 5.73 Å².